The molecule has 1 heterocycles. The van der Waals surface area contributed by atoms with Gasteiger partial charge in [0.25, 0.3) is 0 Å². The van der Waals surface area contributed by atoms with E-state index in [9.17, 15) is 9.59 Å². The van der Waals surface area contributed by atoms with E-state index < -0.39 is 5.97 Å². The minimum Gasteiger partial charge on any atom is -0.481 e. The Morgan fingerprint density at radius 1 is 1.38 bits per heavy atom. The Morgan fingerprint density at radius 3 is 2.71 bits per heavy atom. The Balaban J connectivity index is 1.92. The normalized spacial score (nSPS) is 22.2. The fraction of sp³-hybridized carbons (Fsp3) is 0.467. The lowest BCUT2D eigenvalue weighted by atomic mass is 9.99. The summed E-state index contributed by atoms with van der Waals surface area (Å²) in [6.07, 6.45) is 1.96. The highest BCUT2D eigenvalue weighted by molar-refractivity contribution is 7.98. The number of amides is 1. The summed E-state index contributed by atoms with van der Waals surface area (Å²) in [7, 11) is 0. The van der Waals surface area contributed by atoms with Gasteiger partial charge in [-0.1, -0.05) is 19.1 Å². The van der Waals surface area contributed by atoms with Crippen LogP contribution in [0.25, 0.3) is 0 Å². The van der Waals surface area contributed by atoms with Crippen LogP contribution in [0.3, 0.4) is 0 Å². The summed E-state index contributed by atoms with van der Waals surface area (Å²) in [4.78, 5) is 26.1. The molecule has 2 rings (SSSR count). The Labute approximate surface area is 128 Å². The van der Waals surface area contributed by atoms with Crippen molar-refractivity contribution in [3.63, 3.8) is 0 Å². The summed E-state index contributed by atoms with van der Waals surface area (Å²) in [5.74, 6) is -1.18. The monoisotopic (exact) mass is 308 g/mol. The molecule has 6 heteroatoms. The molecule has 0 bridgehead atoms. The van der Waals surface area contributed by atoms with Crippen LogP contribution in [0, 0.1) is 11.8 Å². The molecule has 1 fully saturated rings. The van der Waals surface area contributed by atoms with E-state index in [4.69, 9.17) is 5.11 Å². The van der Waals surface area contributed by atoms with Gasteiger partial charge in [-0.05, 0) is 24.3 Å². The summed E-state index contributed by atoms with van der Waals surface area (Å²) in [5.41, 5.74) is 0.803. The van der Waals surface area contributed by atoms with E-state index in [-0.39, 0.29) is 24.3 Å². The average Bonchev–Trinajstić information content (AvgIpc) is 2.80. The van der Waals surface area contributed by atoms with E-state index in [2.05, 4.69) is 5.32 Å². The second kappa shape index (κ2) is 6.95. The maximum atomic E-state index is 12.1. The lowest BCUT2D eigenvalue weighted by Gasteiger charge is -2.15. The number of nitrogens with zero attached hydrogens (tertiary/aromatic N) is 1. The van der Waals surface area contributed by atoms with Crippen molar-refractivity contribution >= 4 is 29.3 Å². The van der Waals surface area contributed by atoms with Gasteiger partial charge >= 0.3 is 5.97 Å². The molecule has 0 aromatic heterocycles. The summed E-state index contributed by atoms with van der Waals surface area (Å²) >= 11 is 1.58. The van der Waals surface area contributed by atoms with Crippen LogP contribution in [-0.4, -0.2) is 47.8 Å². The SMILES string of the molecule is CSc1ccccc1NC(=O)CN1C[C@@H](C)[C@H](C(=O)O)C1. The molecule has 0 aliphatic carbocycles. The molecule has 5 nitrogen and oxygen atoms in total. The summed E-state index contributed by atoms with van der Waals surface area (Å²) in [6, 6.07) is 7.64. The van der Waals surface area contributed by atoms with E-state index in [1.165, 1.54) is 0 Å². The third-order valence-electron chi connectivity index (χ3n) is 3.75. The zero-order valence-corrected chi connectivity index (χ0v) is 13.0. The van der Waals surface area contributed by atoms with Gasteiger partial charge in [0.1, 0.15) is 0 Å². The van der Waals surface area contributed by atoms with Crippen molar-refractivity contribution in [2.45, 2.75) is 11.8 Å². The number of para-hydroxylation sites is 1. The van der Waals surface area contributed by atoms with Gasteiger partial charge in [-0.15, -0.1) is 11.8 Å². The third kappa shape index (κ3) is 3.98. The lowest BCUT2D eigenvalue weighted by Crippen LogP contribution is -2.32. The number of rotatable bonds is 5. The molecule has 1 aliphatic rings. The van der Waals surface area contributed by atoms with Crippen LogP contribution in [0.5, 0.6) is 0 Å². The van der Waals surface area contributed by atoms with Crippen molar-refractivity contribution in [2.24, 2.45) is 11.8 Å². The minimum atomic E-state index is -0.780. The highest BCUT2D eigenvalue weighted by atomic mass is 32.2. The van der Waals surface area contributed by atoms with Gasteiger partial charge in [0, 0.05) is 18.0 Å². The van der Waals surface area contributed by atoms with Gasteiger partial charge in [0.15, 0.2) is 0 Å². The number of carboxylic acids is 1. The zero-order chi connectivity index (χ0) is 15.4. The van der Waals surface area contributed by atoms with Crippen LogP contribution in [-0.2, 0) is 9.59 Å². The van der Waals surface area contributed by atoms with Crippen molar-refractivity contribution in [1.29, 1.82) is 0 Å². The molecule has 0 saturated carbocycles. The number of hydrogen-bond acceptors (Lipinski definition) is 4. The first-order chi connectivity index (χ1) is 10.0. The fourth-order valence-electron chi connectivity index (χ4n) is 2.66. The molecule has 2 N–H and O–H groups in total. The Kier molecular flexibility index (Phi) is 5.25. The molecule has 0 spiro atoms. The standard InChI is InChI=1S/C15H20N2O3S/c1-10-7-17(8-11(10)15(19)20)9-14(18)16-12-5-3-4-6-13(12)21-2/h3-6,10-11H,7-9H2,1-2H3,(H,16,18)(H,19,20)/t10-,11-/m1/s1. The van der Waals surface area contributed by atoms with Crippen LogP contribution in [0.15, 0.2) is 29.2 Å². The van der Waals surface area contributed by atoms with Crippen LogP contribution >= 0.6 is 11.8 Å². The highest BCUT2D eigenvalue weighted by Gasteiger charge is 2.35. The molecule has 1 aromatic carbocycles. The Bertz CT molecular complexity index is 535. The van der Waals surface area contributed by atoms with Crippen molar-refractivity contribution in [1.82, 2.24) is 4.90 Å². The van der Waals surface area contributed by atoms with E-state index in [0.717, 1.165) is 10.6 Å². The van der Waals surface area contributed by atoms with Crippen molar-refractivity contribution in [2.75, 3.05) is 31.2 Å². The molecular formula is C15H20N2O3S. The van der Waals surface area contributed by atoms with Crippen LogP contribution in [0.1, 0.15) is 6.92 Å². The van der Waals surface area contributed by atoms with Crippen molar-refractivity contribution in [3.05, 3.63) is 24.3 Å². The molecule has 21 heavy (non-hydrogen) atoms. The molecule has 2 atom stereocenters. The largest absolute Gasteiger partial charge is 0.481 e. The number of thioether (sulfide) groups is 1. The number of carboxylic acid groups (broad SMARTS) is 1. The molecule has 1 aromatic rings. The van der Waals surface area contributed by atoms with E-state index >= 15 is 0 Å². The first-order valence-electron chi connectivity index (χ1n) is 6.89. The van der Waals surface area contributed by atoms with Gasteiger partial charge in [0.2, 0.25) is 5.91 Å². The number of nitrogens with one attached hydrogen (secondary N) is 1. The number of anilines is 1. The number of hydrogen-bond donors (Lipinski definition) is 2. The smallest absolute Gasteiger partial charge is 0.308 e. The number of carbonyl (C=O) groups excluding carboxylic acids is 1. The molecule has 0 unspecified atom stereocenters. The average molecular weight is 308 g/mol. The lowest BCUT2D eigenvalue weighted by molar-refractivity contribution is -0.142. The molecule has 0 radical (unpaired) electrons. The second-order valence-electron chi connectivity index (χ2n) is 5.36. The van der Waals surface area contributed by atoms with Crippen LogP contribution < -0.4 is 5.32 Å². The van der Waals surface area contributed by atoms with Gasteiger partial charge in [-0.2, -0.15) is 0 Å². The molecule has 1 aliphatic heterocycles. The highest BCUT2D eigenvalue weighted by Crippen LogP contribution is 2.25. The fourth-order valence-corrected chi connectivity index (χ4v) is 3.21. The van der Waals surface area contributed by atoms with E-state index in [0.29, 0.717) is 13.1 Å². The third-order valence-corrected chi connectivity index (χ3v) is 4.55. The van der Waals surface area contributed by atoms with E-state index in [1.54, 1.807) is 11.8 Å². The van der Waals surface area contributed by atoms with Gasteiger partial charge in [-0.3, -0.25) is 14.5 Å². The van der Waals surface area contributed by atoms with E-state index in [1.807, 2.05) is 42.3 Å². The predicted molar refractivity (Wildman–Crippen MR) is 83.6 cm³/mol. The minimum absolute atomic E-state index is 0.0776. The number of benzene rings is 1. The molecule has 114 valence electrons. The summed E-state index contributed by atoms with van der Waals surface area (Å²) in [6.45, 7) is 3.24. The van der Waals surface area contributed by atoms with Gasteiger partial charge in [-0.25, -0.2) is 0 Å². The van der Waals surface area contributed by atoms with Crippen LogP contribution in [0.2, 0.25) is 0 Å². The quantitative estimate of drug-likeness (QED) is 0.814. The summed E-state index contributed by atoms with van der Waals surface area (Å²) < 4.78 is 0. The van der Waals surface area contributed by atoms with Gasteiger partial charge in [0.05, 0.1) is 18.2 Å². The number of likely N-dealkylation sites (tertiary alicyclic amines) is 1. The second-order valence-corrected chi connectivity index (χ2v) is 6.21. The topological polar surface area (TPSA) is 69.6 Å². The van der Waals surface area contributed by atoms with Crippen molar-refractivity contribution in [3.8, 4) is 0 Å². The molecule has 1 saturated heterocycles. The maximum Gasteiger partial charge on any atom is 0.308 e. The van der Waals surface area contributed by atoms with Gasteiger partial charge < -0.3 is 10.4 Å². The summed E-state index contributed by atoms with van der Waals surface area (Å²) in [5, 5.41) is 12.0. The molecular weight excluding hydrogens is 288 g/mol. The zero-order valence-electron chi connectivity index (χ0n) is 12.2. The molecule has 1 amide bonds. The number of carbonyl (C=O) groups is 2. The Morgan fingerprint density at radius 2 is 2.10 bits per heavy atom. The maximum absolute atomic E-state index is 12.1. The van der Waals surface area contributed by atoms with Crippen LogP contribution in [0.4, 0.5) is 5.69 Å². The number of aliphatic carboxylic acids is 1. The first-order valence-corrected chi connectivity index (χ1v) is 8.11. The van der Waals surface area contributed by atoms with Crippen molar-refractivity contribution < 1.29 is 14.7 Å². The Hall–Kier alpha value is -1.53. The first kappa shape index (κ1) is 15.9. The predicted octanol–water partition coefficient (Wildman–Crippen LogP) is 2.00.